The van der Waals surface area contributed by atoms with Gasteiger partial charge in [0.1, 0.15) is 0 Å². The van der Waals surface area contributed by atoms with E-state index in [1.54, 1.807) is 0 Å². The van der Waals surface area contributed by atoms with Crippen LogP contribution >= 0.6 is 0 Å². The summed E-state index contributed by atoms with van der Waals surface area (Å²) in [7, 11) is 1.50. The van der Waals surface area contributed by atoms with E-state index < -0.39 is 0 Å². The second kappa shape index (κ2) is 10.2. The molecule has 0 aromatic rings. The largest absolute Gasteiger partial charge is 0.333 e. The third-order valence-electron chi connectivity index (χ3n) is 5.73. The highest BCUT2D eigenvalue weighted by molar-refractivity contribution is 5.91. The first-order valence-electron chi connectivity index (χ1n) is 9.53. The van der Waals surface area contributed by atoms with Gasteiger partial charge in [-0.15, -0.1) is 0 Å². The highest BCUT2D eigenvalue weighted by Crippen LogP contribution is 2.45. The molecule has 2 nitrogen and oxygen atoms in total. The molecule has 2 unspecified atom stereocenters. The molecule has 2 saturated carbocycles. The molecule has 2 heteroatoms. The van der Waals surface area contributed by atoms with Gasteiger partial charge in [0, 0.05) is 6.42 Å². The number of allylic oxidation sites excluding steroid dienone is 2. The monoisotopic (exact) mass is 307 g/mol. The van der Waals surface area contributed by atoms with E-state index in [-0.39, 0.29) is 0 Å². The Hall–Kier alpha value is -0.630. The van der Waals surface area contributed by atoms with Crippen LogP contribution in [0.2, 0.25) is 0 Å². The molecule has 3 aliphatic carbocycles. The zero-order valence-electron chi connectivity index (χ0n) is 15.2. The van der Waals surface area contributed by atoms with Crippen LogP contribution in [0.3, 0.4) is 0 Å². The summed E-state index contributed by atoms with van der Waals surface area (Å²) in [5.74, 6) is 4.08. The zero-order valence-corrected chi connectivity index (χ0v) is 15.2. The Kier molecular flexibility index (Phi) is 9.00. The predicted octanol–water partition coefficient (Wildman–Crippen LogP) is 5.12. The standard InChI is InChI=1S/C17H26O.C2H6.CH5N/c1-12-2-4-13(5-3-12)14-6-7-16-11-17(18)9-8-15(16)10-14;2*1-2/h11-15H,2-10H2,1H3;1-2H3;2H2,1H3. The first kappa shape index (κ1) is 19.4. The molecule has 2 atom stereocenters. The summed E-state index contributed by atoms with van der Waals surface area (Å²) in [6.07, 6.45) is 13.7. The van der Waals surface area contributed by atoms with Crippen LogP contribution in [0.25, 0.3) is 0 Å². The Bertz CT molecular complexity index is 353. The molecule has 0 radical (unpaired) electrons. The van der Waals surface area contributed by atoms with Crippen LogP contribution in [0.1, 0.15) is 78.6 Å². The van der Waals surface area contributed by atoms with E-state index in [9.17, 15) is 4.79 Å². The maximum Gasteiger partial charge on any atom is 0.155 e. The van der Waals surface area contributed by atoms with E-state index in [1.807, 2.05) is 19.9 Å². The van der Waals surface area contributed by atoms with Gasteiger partial charge in [0.15, 0.2) is 5.78 Å². The second-order valence-corrected chi connectivity index (χ2v) is 6.98. The third kappa shape index (κ3) is 5.22. The number of ketones is 1. The van der Waals surface area contributed by atoms with Crippen LogP contribution in [-0.4, -0.2) is 12.8 Å². The fourth-order valence-electron chi connectivity index (χ4n) is 4.46. The van der Waals surface area contributed by atoms with Gasteiger partial charge in [-0.2, -0.15) is 0 Å². The van der Waals surface area contributed by atoms with Crippen molar-refractivity contribution in [3.63, 3.8) is 0 Å². The second-order valence-electron chi connectivity index (χ2n) is 6.98. The maximum atomic E-state index is 11.5. The fourth-order valence-corrected chi connectivity index (χ4v) is 4.46. The molecule has 0 aromatic heterocycles. The molecule has 0 amide bonds. The number of hydrogen-bond donors (Lipinski definition) is 1. The lowest BCUT2D eigenvalue weighted by Gasteiger charge is -2.40. The van der Waals surface area contributed by atoms with Crippen molar-refractivity contribution < 1.29 is 4.79 Å². The fraction of sp³-hybridized carbons (Fsp3) is 0.850. The Morgan fingerprint density at radius 2 is 1.55 bits per heavy atom. The van der Waals surface area contributed by atoms with E-state index in [0.29, 0.717) is 5.78 Å². The Labute approximate surface area is 137 Å². The molecule has 0 aromatic carbocycles. The van der Waals surface area contributed by atoms with Gasteiger partial charge in [0.2, 0.25) is 0 Å². The molecule has 0 spiro atoms. The average Bonchev–Trinajstić information content (AvgIpc) is 2.59. The normalized spacial score (nSPS) is 34.2. The minimum Gasteiger partial charge on any atom is -0.333 e. The van der Waals surface area contributed by atoms with Crippen LogP contribution in [0.4, 0.5) is 0 Å². The van der Waals surface area contributed by atoms with Gasteiger partial charge in [-0.25, -0.2) is 0 Å². The molecule has 3 rings (SSSR count). The van der Waals surface area contributed by atoms with E-state index in [2.05, 4.69) is 12.7 Å². The number of fused-ring (bicyclic) bond motifs is 1. The van der Waals surface area contributed by atoms with Crippen LogP contribution in [0.5, 0.6) is 0 Å². The van der Waals surface area contributed by atoms with Crippen LogP contribution < -0.4 is 5.73 Å². The third-order valence-corrected chi connectivity index (χ3v) is 5.73. The average molecular weight is 308 g/mol. The quantitative estimate of drug-likeness (QED) is 0.730. The number of carbonyl (C=O) groups excluding carboxylic acids is 1. The van der Waals surface area contributed by atoms with Crippen molar-refractivity contribution in [1.29, 1.82) is 0 Å². The van der Waals surface area contributed by atoms with Crippen molar-refractivity contribution in [3.8, 4) is 0 Å². The Balaban J connectivity index is 0.000000561. The summed E-state index contributed by atoms with van der Waals surface area (Å²) >= 11 is 0. The molecule has 0 saturated heterocycles. The van der Waals surface area contributed by atoms with Crippen molar-refractivity contribution in [2.24, 2.45) is 29.4 Å². The van der Waals surface area contributed by atoms with Crippen LogP contribution in [0.15, 0.2) is 11.6 Å². The van der Waals surface area contributed by atoms with E-state index in [1.165, 1.54) is 57.6 Å². The van der Waals surface area contributed by atoms with Gasteiger partial charge in [-0.1, -0.05) is 39.2 Å². The maximum absolute atomic E-state index is 11.5. The molecule has 2 fully saturated rings. The SMILES string of the molecule is CC.CC1CCC(C2CCC3=CC(=O)CCC3C2)CC1.CN. The smallest absolute Gasteiger partial charge is 0.155 e. The summed E-state index contributed by atoms with van der Waals surface area (Å²) in [6.45, 7) is 6.41. The van der Waals surface area contributed by atoms with E-state index in [0.717, 1.165) is 36.5 Å². The van der Waals surface area contributed by atoms with Crippen molar-refractivity contribution in [1.82, 2.24) is 0 Å². The van der Waals surface area contributed by atoms with Gasteiger partial charge < -0.3 is 5.73 Å². The molecular formula is C20H37NO. The number of carbonyl (C=O) groups is 1. The zero-order chi connectivity index (χ0) is 16.5. The summed E-state index contributed by atoms with van der Waals surface area (Å²) in [5, 5.41) is 0. The predicted molar refractivity (Wildman–Crippen MR) is 95.7 cm³/mol. The highest BCUT2D eigenvalue weighted by Gasteiger charge is 2.34. The molecule has 128 valence electrons. The van der Waals surface area contributed by atoms with Gasteiger partial charge in [0.25, 0.3) is 0 Å². The Morgan fingerprint density at radius 3 is 2.18 bits per heavy atom. The Morgan fingerprint density at radius 1 is 0.909 bits per heavy atom. The molecule has 0 aliphatic heterocycles. The van der Waals surface area contributed by atoms with Crippen LogP contribution in [0, 0.1) is 23.7 Å². The molecule has 0 bridgehead atoms. The van der Waals surface area contributed by atoms with Crippen molar-refractivity contribution in [3.05, 3.63) is 11.6 Å². The highest BCUT2D eigenvalue weighted by atomic mass is 16.1. The summed E-state index contributed by atoms with van der Waals surface area (Å²) < 4.78 is 0. The summed E-state index contributed by atoms with van der Waals surface area (Å²) in [5.41, 5.74) is 5.99. The lowest BCUT2D eigenvalue weighted by Crippen LogP contribution is -2.29. The lowest BCUT2D eigenvalue weighted by molar-refractivity contribution is -0.115. The van der Waals surface area contributed by atoms with Crippen LogP contribution in [-0.2, 0) is 4.79 Å². The topological polar surface area (TPSA) is 43.1 Å². The first-order valence-corrected chi connectivity index (χ1v) is 9.53. The number of hydrogen-bond acceptors (Lipinski definition) is 2. The van der Waals surface area contributed by atoms with Crippen molar-refractivity contribution in [2.45, 2.75) is 78.6 Å². The summed E-state index contributed by atoms with van der Waals surface area (Å²) in [6, 6.07) is 0. The molecular weight excluding hydrogens is 270 g/mol. The minimum atomic E-state index is 0.381. The molecule has 22 heavy (non-hydrogen) atoms. The van der Waals surface area contributed by atoms with E-state index in [4.69, 9.17) is 0 Å². The van der Waals surface area contributed by atoms with E-state index >= 15 is 0 Å². The van der Waals surface area contributed by atoms with Crippen molar-refractivity contribution >= 4 is 5.78 Å². The van der Waals surface area contributed by atoms with Crippen molar-refractivity contribution in [2.75, 3.05) is 7.05 Å². The minimum absolute atomic E-state index is 0.381. The molecule has 2 N–H and O–H groups in total. The number of rotatable bonds is 1. The van der Waals surface area contributed by atoms with Gasteiger partial charge in [0.05, 0.1) is 0 Å². The van der Waals surface area contributed by atoms with Gasteiger partial charge >= 0.3 is 0 Å². The van der Waals surface area contributed by atoms with Gasteiger partial charge in [-0.05, 0) is 75.3 Å². The lowest BCUT2D eigenvalue weighted by atomic mass is 9.65. The van der Waals surface area contributed by atoms with Gasteiger partial charge in [-0.3, -0.25) is 4.79 Å². The molecule has 3 aliphatic rings. The summed E-state index contributed by atoms with van der Waals surface area (Å²) in [4.78, 5) is 11.5. The molecule has 0 heterocycles. The first-order chi connectivity index (χ1) is 10.7. The number of nitrogens with two attached hydrogens (primary N) is 1.